The number of hydrogen-bond donors (Lipinski definition) is 0. The van der Waals surface area contributed by atoms with Crippen molar-refractivity contribution in [3.63, 3.8) is 0 Å². The Morgan fingerprint density at radius 3 is 2.58 bits per heavy atom. The summed E-state index contributed by atoms with van der Waals surface area (Å²) in [5.74, 6) is -0.398. The summed E-state index contributed by atoms with van der Waals surface area (Å²) < 4.78 is 36.1. The number of fused-ring (bicyclic) bond motifs is 1. The van der Waals surface area contributed by atoms with E-state index in [0.717, 1.165) is 0 Å². The van der Waals surface area contributed by atoms with E-state index in [2.05, 4.69) is 0 Å². The number of ether oxygens (including phenoxy) is 2. The number of halogens is 1. The standard InChI is InChI=1S/C18H16ClNO5S/c1-3-25-18(21)17-11-20(13-6-4-5-7-15(13)24-2)14-10-12(19)8-9-16(14)26(17,22)23/h4-11H,3H2,1-2H3. The van der Waals surface area contributed by atoms with Gasteiger partial charge in [-0.2, -0.15) is 0 Å². The molecular formula is C18H16ClNO5S. The lowest BCUT2D eigenvalue weighted by atomic mass is 10.2. The first-order valence-corrected chi connectivity index (χ1v) is 9.62. The van der Waals surface area contributed by atoms with Gasteiger partial charge in [-0.05, 0) is 37.3 Å². The lowest BCUT2D eigenvalue weighted by molar-refractivity contribution is -0.137. The number of esters is 1. The molecule has 26 heavy (non-hydrogen) atoms. The van der Waals surface area contributed by atoms with Crippen LogP contribution in [0.2, 0.25) is 5.02 Å². The highest BCUT2D eigenvalue weighted by molar-refractivity contribution is 7.96. The molecular weight excluding hydrogens is 378 g/mol. The van der Waals surface area contributed by atoms with Crippen molar-refractivity contribution in [2.45, 2.75) is 11.8 Å². The number of rotatable bonds is 4. The van der Waals surface area contributed by atoms with Crippen LogP contribution in [0, 0.1) is 0 Å². The monoisotopic (exact) mass is 393 g/mol. The van der Waals surface area contributed by atoms with E-state index in [1.54, 1.807) is 36.1 Å². The summed E-state index contributed by atoms with van der Waals surface area (Å²) in [6, 6.07) is 11.4. The zero-order valence-electron chi connectivity index (χ0n) is 14.1. The number of anilines is 2. The summed E-state index contributed by atoms with van der Waals surface area (Å²) in [4.78, 5) is 13.4. The van der Waals surface area contributed by atoms with Crippen LogP contribution < -0.4 is 9.64 Å². The number of para-hydroxylation sites is 2. The van der Waals surface area contributed by atoms with E-state index in [0.29, 0.717) is 22.1 Å². The van der Waals surface area contributed by atoms with E-state index < -0.39 is 20.7 Å². The first-order valence-electron chi connectivity index (χ1n) is 7.76. The molecule has 0 aromatic heterocycles. The Morgan fingerprint density at radius 2 is 1.88 bits per heavy atom. The number of carbonyl (C=O) groups excluding carboxylic acids is 1. The predicted octanol–water partition coefficient (Wildman–Crippen LogP) is 3.68. The van der Waals surface area contributed by atoms with E-state index in [4.69, 9.17) is 21.1 Å². The number of sulfone groups is 1. The van der Waals surface area contributed by atoms with Crippen LogP contribution in [-0.4, -0.2) is 28.1 Å². The minimum atomic E-state index is -4.04. The number of hydrogen-bond acceptors (Lipinski definition) is 6. The Bertz CT molecular complexity index is 1000. The van der Waals surface area contributed by atoms with E-state index >= 15 is 0 Å². The molecule has 0 radical (unpaired) electrons. The van der Waals surface area contributed by atoms with Crippen molar-refractivity contribution in [2.75, 3.05) is 18.6 Å². The lowest BCUT2D eigenvalue weighted by Gasteiger charge is -2.29. The Hall–Kier alpha value is -2.51. The van der Waals surface area contributed by atoms with Gasteiger partial charge in [0.1, 0.15) is 5.75 Å². The molecule has 2 aromatic carbocycles. The molecule has 0 saturated carbocycles. The maximum Gasteiger partial charge on any atom is 0.351 e. The second kappa shape index (κ2) is 7.01. The van der Waals surface area contributed by atoms with Crippen LogP contribution in [-0.2, 0) is 19.4 Å². The first-order chi connectivity index (χ1) is 12.4. The van der Waals surface area contributed by atoms with Crippen LogP contribution in [0.1, 0.15) is 6.92 Å². The number of carbonyl (C=O) groups is 1. The molecule has 1 heterocycles. The molecule has 0 spiro atoms. The molecule has 0 saturated heterocycles. The third-order valence-electron chi connectivity index (χ3n) is 3.83. The van der Waals surface area contributed by atoms with Crippen molar-refractivity contribution in [3.8, 4) is 5.75 Å². The van der Waals surface area contributed by atoms with Gasteiger partial charge in [-0.15, -0.1) is 0 Å². The van der Waals surface area contributed by atoms with Crippen LogP contribution >= 0.6 is 11.6 Å². The quantitative estimate of drug-likeness (QED) is 0.738. The SMILES string of the molecule is CCOC(=O)C1=CN(c2ccccc2OC)c2cc(Cl)ccc2S1(=O)=O. The van der Waals surface area contributed by atoms with Gasteiger partial charge in [0.2, 0.25) is 9.84 Å². The first kappa shape index (κ1) is 18.3. The minimum absolute atomic E-state index is 0.0293. The highest BCUT2D eigenvalue weighted by Gasteiger charge is 2.37. The van der Waals surface area contributed by atoms with Crippen LogP contribution in [0.5, 0.6) is 5.75 Å². The third kappa shape index (κ3) is 3.04. The second-order valence-electron chi connectivity index (χ2n) is 5.37. The number of benzene rings is 2. The largest absolute Gasteiger partial charge is 0.495 e. The van der Waals surface area contributed by atoms with Gasteiger partial charge in [0, 0.05) is 11.2 Å². The predicted molar refractivity (Wildman–Crippen MR) is 98.5 cm³/mol. The van der Waals surface area contributed by atoms with Crippen LogP contribution in [0.25, 0.3) is 0 Å². The van der Waals surface area contributed by atoms with E-state index in [1.165, 1.54) is 31.5 Å². The summed E-state index contributed by atoms with van der Waals surface area (Å²) in [5.41, 5.74) is 0.894. The van der Waals surface area contributed by atoms with E-state index in [9.17, 15) is 13.2 Å². The zero-order valence-corrected chi connectivity index (χ0v) is 15.7. The highest BCUT2D eigenvalue weighted by atomic mass is 35.5. The van der Waals surface area contributed by atoms with Gasteiger partial charge in [0.05, 0.1) is 30.0 Å². The Balaban J connectivity index is 2.29. The molecule has 0 aliphatic carbocycles. The third-order valence-corrected chi connectivity index (χ3v) is 5.84. The number of methoxy groups -OCH3 is 1. The Labute approximate surface area is 156 Å². The smallest absolute Gasteiger partial charge is 0.351 e. The molecule has 0 fully saturated rings. The average molecular weight is 394 g/mol. The molecule has 3 rings (SSSR count). The molecule has 0 amide bonds. The molecule has 2 aromatic rings. The van der Waals surface area contributed by atoms with Gasteiger partial charge < -0.3 is 14.4 Å². The molecule has 0 atom stereocenters. The second-order valence-corrected chi connectivity index (χ2v) is 7.69. The minimum Gasteiger partial charge on any atom is -0.495 e. The topological polar surface area (TPSA) is 72.9 Å². The lowest BCUT2D eigenvalue weighted by Crippen LogP contribution is -2.27. The van der Waals surface area contributed by atoms with Gasteiger partial charge in [0.25, 0.3) is 0 Å². The van der Waals surface area contributed by atoms with Crippen LogP contribution in [0.4, 0.5) is 11.4 Å². The molecule has 136 valence electrons. The van der Waals surface area contributed by atoms with Crippen molar-refractivity contribution < 1.29 is 22.7 Å². The van der Waals surface area contributed by atoms with Gasteiger partial charge in [0.15, 0.2) is 4.91 Å². The molecule has 0 unspecified atom stereocenters. The molecule has 1 aliphatic heterocycles. The summed E-state index contributed by atoms with van der Waals surface area (Å²) in [5, 5.41) is 0.367. The van der Waals surface area contributed by atoms with E-state index in [-0.39, 0.29) is 11.5 Å². The van der Waals surface area contributed by atoms with Gasteiger partial charge >= 0.3 is 5.97 Å². The van der Waals surface area contributed by atoms with Crippen molar-refractivity contribution in [1.29, 1.82) is 0 Å². The van der Waals surface area contributed by atoms with Gasteiger partial charge in [-0.25, -0.2) is 13.2 Å². The molecule has 1 aliphatic rings. The van der Waals surface area contributed by atoms with Crippen LogP contribution in [0.15, 0.2) is 58.5 Å². The fourth-order valence-electron chi connectivity index (χ4n) is 2.67. The highest BCUT2D eigenvalue weighted by Crippen LogP contribution is 2.43. The summed E-state index contributed by atoms with van der Waals surface area (Å²) >= 11 is 6.08. The normalized spacial score (nSPS) is 15.0. The fraction of sp³-hybridized carbons (Fsp3) is 0.167. The van der Waals surface area contributed by atoms with Crippen molar-refractivity contribution >= 4 is 38.8 Å². The zero-order chi connectivity index (χ0) is 18.9. The summed E-state index contributed by atoms with van der Waals surface area (Å²) in [6.07, 6.45) is 1.24. The Morgan fingerprint density at radius 1 is 1.15 bits per heavy atom. The molecule has 0 bridgehead atoms. The van der Waals surface area contributed by atoms with Crippen molar-refractivity contribution in [2.24, 2.45) is 0 Å². The van der Waals surface area contributed by atoms with Gasteiger partial charge in [-0.3, -0.25) is 0 Å². The van der Waals surface area contributed by atoms with Crippen molar-refractivity contribution in [1.82, 2.24) is 0 Å². The molecule has 8 heteroatoms. The van der Waals surface area contributed by atoms with Crippen molar-refractivity contribution in [3.05, 3.63) is 58.6 Å². The maximum absolute atomic E-state index is 12.9. The summed E-state index contributed by atoms with van der Waals surface area (Å²) in [7, 11) is -2.53. The summed E-state index contributed by atoms with van der Waals surface area (Å²) in [6.45, 7) is 1.67. The number of nitrogens with zero attached hydrogens (tertiary/aromatic N) is 1. The van der Waals surface area contributed by atoms with Gasteiger partial charge in [-0.1, -0.05) is 23.7 Å². The molecule has 6 nitrogen and oxygen atoms in total. The van der Waals surface area contributed by atoms with E-state index in [1.807, 2.05) is 0 Å². The average Bonchev–Trinajstić information content (AvgIpc) is 2.61. The maximum atomic E-state index is 12.9. The van der Waals surface area contributed by atoms with Crippen LogP contribution in [0.3, 0.4) is 0 Å². The molecule has 0 N–H and O–H groups in total. The Kier molecular flexibility index (Phi) is 4.93. The fourth-order valence-corrected chi connectivity index (χ4v) is 4.28.